The summed E-state index contributed by atoms with van der Waals surface area (Å²) in [5, 5.41) is 0. The van der Waals surface area contributed by atoms with E-state index in [0.29, 0.717) is 18.8 Å². The van der Waals surface area contributed by atoms with Crippen molar-refractivity contribution in [3.63, 3.8) is 0 Å². The Bertz CT molecular complexity index is 712. The number of esters is 1. The molecule has 0 N–H and O–H groups in total. The molecule has 0 amide bonds. The SMILES string of the molecule is CCCCc1cncc(OCCCc2cc(C(=O)OCC)ccc2C)c1. The van der Waals surface area contributed by atoms with E-state index in [2.05, 4.69) is 24.9 Å². The van der Waals surface area contributed by atoms with Crippen LogP contribution in [-0.2, 0) is 17.6 Å². The summed E-state index contributed by atoms with van der Waals surface area (Å²) >= 11 is 0. The predicted octanol–water partition coefficient (Wildman–Crippen LogP) is 4.92. The highest BCUT2D eigenvalue weighted by atomic mass is 16.5. The third kappa shape index (κ3) is 6.17. The fourth-order valence-electron chi connectivity index (χ4n) is 2.80. The smallest absolute Gasteiger partial charge is 0.338 e. The van der Waals surface area contributed by atoms with Crippen LogP contribution < -0.4 is 4.74 Å². The molecule has 0 spiro atoms. The second kappa shape index (κ2) is 10.6. The van der Waals surface area contributed by atoms with Gasteiger partial charge in [-0.3, -0.25) is 4.98 Å². The second-order valence-electron chi connectivity index (χ2n) is 6.45. The van der Waals surface area contributed by atoms with E-state index in [4.69, 9.17) is 9.47 Å². The first-order chi connectivity index (χ1) is 12.6. The topological polar surface area (TPSA) is 48.4 Å². The van der Waals surface area contributed by atoms with Crippen LogP contribution in [-0.4, -0.2) is 24.2 Å². The van der Waals surface area contributed by atoms with Crippen LogP contribution >= 0.6 is 0 Å². The van der Waals surface area contributed by atoms with Gasteiger partial charge in [-0.05, 0) is 74.4 Å². The molecule has 0 saturated heterocycles. The van der Waals surface area contributed by atoms with E-state index in [9.17, 15) is 4.79 Å². The van der Waals surface area contributed by atoms with Crippen molar-refractivity contribution in [3.05, 3.63) is 58.9 Å². The second-order valence-corrected chi connectivity index (χ2v) is 6.45. The number of carbonyl (C=O) groups excluding carboxylic acids is 1. The Hall–Kier alpha value is -2.36. The molecule has 0 aliphatic heterocycles. The molecule has 26 heavy (non-hydrogen) atoms. The number of rotatable bonds is 10. The highest BCUT2D eigenvalue weighted by Crippen LogP contribution is 2.16. The Labute approximate surface area is 156 Å². The van der Waals surface area contributed by atoms with E-state index >= 15 is 0 Å². The number of carbonyl (C=O) groups is 1. The first-order valence-corrected chi connectivity index (χ1v) is 9.47. The minimum Gasteiger partial charge on any atom is -0.492 e. The highest BCUT2D eigenvalue weighted by molar-refractivity contribution is 5.89. The number of benzene rings is 1. The van der Waals surface area contributed by atoms with Crippen molar-refractivity contribution in [2.75, 3.05) is 13.2 Å². The number of aryl methyl sites for hydroxylation is 3. The summed E-state index contributed by atoms with van der Waals surface area (Å²) in [7, 11) is 0. The summed E-state index contributed by atoms with van der Waals surface area (Å²) in [4.78, 5) is 16.1. The molecule has 4 nitrogen and oxygen atoms in total. The molecule has 4 heteroatoms. The molecule has 1 aromatic heterocycles. The highest BCUT2D eigenvalue weighted by Gasteiger charge is 2.09. The van der Waals surface area contributed by atoms with Gasteiger partial charge in [-0.1, -0.05) is 19.4 Å². The molecule has 1 aromatic carbocycles. The van der Waals surface area contributed by atoms with Crippen LogP contribution in [0, 0.1) is 6.92 Å². The van der Waals surface area contributed by atoms with E-state index in [1.165, 1.54) is 24.0 Å². The molecule has 0 aliphatic rings. The van der Waals surface area contributed by atoms with E-state index in [1.54, 1.807) is 6.20 Å². The number of nitrogens with zero attached hydrogens (tertiary/aromatic N) is 1. The van der Waals surface area contributed by atoms with Gasteiger partial charge in [0, 0.05) is 6.20 Å². The molecule has 0 radical (unpaired) electrons. The van der Waals surface area contributed by atoms with Crippen molar-refractivity contribution in [3.8, 4) is 5.75 Å². The van der Waals surface area contributed by atoms with Crippen LogP contribution in [0.25, 0.3) is 0 Å². The maximum Gasteiger partial charge on any atom is 0.338 e. The van der Waals surface area contributed by atoms with E-state index in [0.717, 1.165) is 30.6 Å². The zero-order valence-electron chi connectivity index (χ0n) is 16.1. The number of aromatic nitrogens is 1. The fraction of sp³-hybridized carbons (Fsp3) is 0.455. The predicted molar refractivity (Wildman–Crippen MR) is 104 cm³/mol. The largest absolute Gasteiger partial charge is 0.492 e. The zero-order valence-corrected chi connectivity index (χ0v) is 16.1. The molecule has 0 atom stereocenters. The standard InChI is InChI=1S/C22H29NO3/c1-4-6-8-18-13-21(16-23-15-18)26-12-7-9-19-14-20(11-10-17(19)3)22(24)25-5-2/h10-11,13-16H,4-9,12H2,1-3H3. The lowest BCUT2D eigenvalue weighted by atomic mass is 10.0. The maximum atomic E-state index is 11.9. The molecule has 2 aromatic rings. The first-order valence-electron chi connectivity index (χ1n) is 9.47. The van der Waals surface area contributed by atoms with Gasteiger partial charge in [0.1, 0.15) is 5.75 Å². The number of hydrogen-bond acceptors (Lipinski definition) is 4. The van der Waals surface area contributed by atoms with Gasteiger partial charge in [-0.25, -0.2) is 4.79 Å². The van der Waals surface area contributed by atoms with Crippen LogP contribution in [0.2, 0.25) is 0 Å². The normalized spacial score (nSPS) is 10.6. The quantitative estimate of drug-likeness (QED) is 0.448. The van der Waals surface area contributed by atoms with Gasteiger partial charge in [0.25, 0.3) is 0 Å². The Morgan fingerprint density at radius 1 is 1.08 bits per heavy atom. The summed E-state index contributed by atoms with van der Waals surface area (Å²) in [6.45, 7) is 7.08. The summed E-state index contributed by atoms with van der Waals surface area (Å²) in [6, 6.07) is 7.81. The number of ether oxygens (including phenoxy) is 2. The number of hydrogen-bond donors (Lipinski definition) is 0. The Kier molecular flexibility index (Phi) is 8.13. The average molecular weight is 355 g/mol. The van der Waals surface area contributed by atoms with Crippen LogP contribution in [0.4, 0.5) is 0 Å². The molecule has 0 unspecified atom stereocenters. The fourth-order valence-corrected chi connectivity index (χ4v) is 2.80. The Morgan fingerprint density at radius 3 is 2.69 bits per heavy atom. The van der Waals surface area contributed by atoms with Crippen LogP contribution in [0.3, 0.4) is 0 Å². The average Bonchev–Trinajstić information content (AvgIpc) is 2.65. The summed E-state index contributed by atoms with van der Waals surface area (Å²) in [5.41, 5.74) is 4.18. The molecule has 140 valence electrons. The number of unbranched alkanes of at least 4 members (excludes halogenated alkanes) is 1. The minimum atomic E-state index is -0.264. The molecule has 0 fully saturated rings. The molecule has 0 bridgehead atoms. The lowest BCUT2D eigenvalue weighted by Gasteiger charge is -2.10. The van der Waals surface area contributed by atoms with Gasteiger partial charge >= 0.3 is 5.97 Å². The van der Waals surface area contributed by atoms with Crippen molar-refractivity contribution in [2.45, 2.75) is 52.9 Å². The van der Waals surface area contributed by atoms with Gasteiger partial charge < -0.3 is 9.47 Å². The zero-order chi connectivity index (χ0) is 18.8. The maximum absolute atomic E-state index is 11.9. The first kappa shape index (κ1) is 20.0. The Balaban J connectivity index is 1.86. The lowest BCUT2D eigenvalue weighted by Crippen LogP contribution is -2.06. The third-order valence-electron chi connectivity index (χ3n) is 4.31. The molecular formula is C22H29NO3. The van der Waals surface area contributed by atoms with Gasteiger partial charge in [0.05, 0.1) is 25.0 Å². The summed E-state index contributed by atoms with van der Waals surface area (Å²) in [6.07, 6.45) is 8.81. The van der Waals surface area contributed by atoms with Crippen molar-refractivity contribution in [1.29, 1.82) is 0 Å². The lowest BCUT2D eigenvalue weighted by molar-refractivity contribution is 0.0526. The van der Waals surface area contributed by atoms with Crippen molar-refractivity contribution >= 4 is 5.97 Å². The van der Waals surface area contributed by atoms with Gasteiger partial charge in [-0.15, -0.1) is 0 Å². The minimum absolute atomic E-state index is 0.264. The van der Waals surface area contributed by atoms with Crippen molar-refractivity contribution < 1.29 is 14.3 Å². The number of pyridine rings is 1. The monoisotopic (exact) mass is 355 g/mol. The molecule has 1 heterocycles. The van der Waals surface area contributed by atoms with Crippen molar-refractivity contribution in [2.24, 2.45) is 0 Å². The van der Waals surface area contributed by atoms with Crippen LogP contribution in [0.15, 0.2) is 36.7 Å². The van der Waals surface area contributed by atoms with Gasteiger partial charge in [0.15, 0.2) is 0 Å². The summed E-state index contributed by atoms with van der Waals surface area (Å²) < 4.78 is 10.9. The molecule has 0 saturated carbocycles. The van der Waals surface area contributed by atoms with Crippen LogP contribution in [0.1, 0.15) is 60.2 Å². The van der Waals surface area contributed by atoms with E-state index in [-0.39, 0.29) is 5.97 Å². The van der Waals surface area contributed by atoms with Crippen molar-refractivity contribution in [1.82, 2.24) is 4.98 Å². The Morgan fingerprint density at radius 2 is 1.92 bits per heavy atom. The molecular weight excluding hydrogens is 326 g/mol. The molecule has 2 rings (SSSR count). The summed E-state index contributed by atoms with van der Waals surface area (Å²) in [5.74, 6) is 0.565. The van der Waals surface area contributed by atoms with Crippen LogP contribution in [0.5, 0.6) is 5.75 Å². The van der Waals surface area contributed by atoms with Gasteiger partial charge in [-0.2, -0.15) is 0 Å². The molecule has 0 aliphatic carbocycles. The third-order valence-corrected chi connectivity index (χ3v) is 4.31. The van der Waals surface area contributed by atoms with Gasteiger partial charge in [0.2, 0.25) is 0 Å². The van der Waals surface area contributed by atoms with E-state index < -0.39 is 0 Å². The van der Waals surface area contributed by atoms with E-state index in [1.807, 2.05) is 31.3 Å².